The second-order valence-corrected chi connectivity index (χ2v) is 6.77. The molecule has 1 heterocycles. The molecule has 3 nitrogen and oxygen atoms in total. The van der Waals surface area contributed by atoms with Gasteiger partial charge in [-0.15, -0.1) is 0 Å². The molecule has 1 N–H and O–H groups in total. The zero-order chi connectivity index (χ0) is 15.9. The third-order valence-corrected chi connectivity index (χ3v) is 4.87. The van der Waals surface area contributed by atoms with Crippen molar-refractivity contribution in [1.82, 2.24) is 4.90 Å². The summed E-state index contributed by atoms with van der Waals surface area (Å²) in [5.74, 6) is -0.476. The van der Waals surface area contributed by atoms with Gasteiger partial charge in [0, 0.05) is 18.1 Å². The zero-order valence-corrected chi connectivity index (χ0v) is 14.1. The van der Waals surface area contributed by atoms with E-state index < -0.39 is 5.97 Å². The van der Waals surface area contributed by atoms with Crippen LogP contribution < -0.4 is 0 Å². The molecule has 0 aromatic heterocycles. The van der Waals surface area contributed by atoms with Crippen LogP contribution in [0.4, 0.5) is 0 Å². The van der Waals surface area contributed by atoms with Crippen LogP contribution in [0.5, 0.6) is 0 Å². The monoisotopic (exact) mass is 321 g/mol. The minimum atomic E-state index is -0.624. The molecule has 1 saturated heterocycles. The summed E-state index contributed by atoms with van der Waals surface area (Å²) in [4.78, 5) is 13.7. The summed E-state index contributed by atoms with van der Waals surface area (Å²) in [6.07, 6.45) is 5.40. The standard InChI is InChI=1S/C17H25BClNO2/c18-9-1-4-14-11-20(12-16(14)17(21)22)10-2-3-13-5-7-15(19)8-6-13/h5-8,14,16H,1-4,9-12,18H2,(H,21,22)/t14-,16+/m0/s1. The highest BCUT2D eigenvalue weighted by molar-refractivity contribution is 6.30. The molecular weight excluding hydrogens is 296 g/mol. The second-order valence-electron chi connectivity index (χ2n) is 6.34. The number of hydrogen-bond acceptors (Lipinski definition) is 2. The Balaban J connectivity index is 1.78. The van der Waals surface area contributed by atoms with Gasteiger partial charge in [0.1, 0.15) is 7.85 Å². The number of benzene rings is 1. The average Bonchev–Trinajstić information content (AvgIpc) is 2.90. The highest BCUT2D eigenvalue weighted by atomic mass is 35.5. The Morgan fingerprint density at radius 3 is 2.64 bits per heavy atom. The topological polar surface area (TPSA) is 40.5 Å². The number of rotatable bonds is 8. The number of hydrogen-bond donors (Lipinski definition) is 1. The van der Waals surface area contributed by atoms with Crippen LogP contribution in [0, 0.1) is 11.8 Å². The van der Waals surface area contributed by atoms with Crippen LogP contribution in [-0.2, 0) is 11.2 Å². The number of carboxylic acid groups (broad SMARTS) is 1. The summed E-state index contributed by atoms with van der Waals surface area (Å²) >= 11 is 5.89. The van der Waals surface area contributed by atoms with Crippen molar-refractivity contribution in [2.75, 3.05) is 19.6 Å². The first-order chi connectivity index (χ1) is 10.6. The molecule has 0 unspecified atom stereocenters. The Kier molecular flexibility index (Phi) is 6.78. The van der Waals surface area contributed by atoms with E-state index in [1.54, 1.807) is 0 Å². The second kappa shape index (κ2) is 8.59. The number of aryl methyl sites for hydroxylation is 1. The van der Waals surface area contributed by atoms with Gasteiger partial charge in [-0.25, -0.2) is 0 Å². The molecule has 0 radical (unpaired) electrons. The predicted octanol–water partition coefficient (Wildman–Crippen LogP) is 2.74. The summed E-state index contributed by atoms with van der Waals surface area (Å²) in [7, 11) is 2.16. The van der Waals surface area contributed by atoms with E-state index in [1.165, 1.54) is 5.56 Å². The molecule has 2 rings (SSSR count). The van der Waals surface area contributed by atoms with Crippen molar-refractivity contribution in [1.29, 1.82) is 0 Å². The Bertz CT molecular complexity index is 480. The van der Waals surface area contributed by atoms with Crippen LogP contribution in [0.1, 0.15) is 24.8 Å². The first-order valence-corrected chi connectivity index (χ1v) is 8.67. The molecule has 1 aromatic rings. The first-order valence-electron chi connectivity index (χ1n) is 8.29. The summed E-state index contributed by atoms with van der Waals surface area (Å²) in [5.41, 5.74) is 1.29. The van der Waals surface area contributed by atoms with Gasteiger partial charge in [0.2, 0.25) is 0 Å². The molecule has 0 aliphatic carbocycles. The van der Waals surface area contributed by atoms with Gasteiger partial charge in [-0.3, -0.25) is 4.79 Å². The summed E-state index contributed by atoms with van der Waals surface area (Å²) < 4.78 is 0. The fraction of sp³-hybridized carbons (Fsp3) is 0.588. The SMILES string of the molecule is BCCC[C@H]1CN(CCCc2ccc(Cl)cc2)C[C@H]1C(=O)O. The van der Waals surface area contributed by atoms with Crippen molar-refractivity contribution < 1.29 is 9.90 Å². The minimum Gasteiger partial charge on any atom is -0.481 e. The van der Waals surface area contributed by atoms with Crippen LogP contribution >= 0.6 is 11.6 Å². The van der Waals surface area contributed by atoms with E-state index in [0.717, 1.165) is 50.1 Å². The van der Waals surface area contributed by atoms with Crippen molar-refractivity contribution in [3.05, 3.63) is 34.9 Å². The minimum absolute atomic E-state index is 0.179. The van der Waals surface area contributed by atoms with Gasteiger partial charge < -0.3 is 10.0 Å². The van der Waals surface area contributed by atoms with Gasteiger partial charge >= 0.3 is 5.97 Å². The van der Waals surface area contributed by atoms with Gasteiger partial charge in [0.15, 0.2) is 0 Å². The van der Waals surface area contributed by atoms with Crippen LogP contribution in [0.3, 0.4) is 0 Å². The Labute approximate surface area is 139 Å². The van der Waals surface area contributed by atoms with Crippen molar-refractivity contribution in [3.8, 4) is 0 Å². The number of likely N-dealkylation sites (tertiary alicyclic amines) is 1. The van der Waals surface area contributed by atoms with Crippen LogP contribution in [0.2, 0.25) is 11.3 Å². The first kappa shape index (κ1) is 17.4. The van der Waals surface area contributed by atoms with Crippen LogP contribution in [0.25, 0.3) is 0 Å². The maximum Gasteiger partial charge on any atom is 0.308 e. The van der Waals surface area contributed by atoms with Crippen molar-refractivity contribution in [3.63, 3.8) is 0 Å². The quantitative estimate of drug-likeness (QED) is 0.749. The lowest BCUT2D eigenvalue weighted by Crippen LogP contribution is -2.24. The Hall–Kier alpha value is -0.995. The highest BCUT2D eigenvalue weighted by Crippen LogP contribution is 2.28. The molecular formula is C17H25BClNO2. The number of aliphatic carboxylic acids is 1. The summed E-state index contributed by atoms with van der Waals surface area (Å²) in [5, 5.41) is 10.2. The average molecular weight is 322 g/mol. The van der Waals surface area contributed by atoms with Gasteiger partial charge in [-0.05, 0) is 49.4 Å². The van der Waals surface area contributed by atoms with Gasteiger partial charge in [-0.2, -0.15) is 0 Å². The molecule has 22 heavy (non-hydrogen) atoms. The lowest BCUT2D eigenvalue weighted by Gasteiger charge is -2.15. The lowest BCUT2D eigenvalue weighted by atomic mass is 9.88. The van der Waals surface area contributed by atoms with E-state index in [1.807, 2.05) is 12.1 Å². The molecule has 1 fully saturated rings. The van der Waals surface area contributed by atoms with Crippen LogP contribution in [0.15, 0.2) is 24.3 Å². The number of nitrogens with zero attached hydrogens (tertiary/aromatic N) is 1. The molecule has 0 spiro atoms. The molecule has 1 aliphatic rings. The molecule has 2 atom stereocenters. The smallest absolute Gasteiger partial charge is 0.308 e. The van der Waals surface area contributed by atoms with E-state index >= 15 is 0 Å². The molecule has 5 heteroatoms. The van der Waals surface area contributed by atoms with Crippen molar-refractivity contribution in [2.24, 2.45) is 11.8 Å². The molecule has 0 bridgehead atoms. The third-order valence-electron chi connectivity index (χ3n) is 4.62. The van der Waals surface area contributed by atoms with Crippen molar-refractivity contribution >= 4 is 25.4 Å². The zero-order valence-electron chi connectivity index (χ0n) is 13.3. The lowest BCUT2D eigenvalue weighted by molar-refractivity contribution is -0.142. The van der Waals surface area contributed by atoms with Crippen molar-refractivity contribution in [2.45, 2.75) is 32.0 Å². The van der Waals surface area contributed by atoms with E-state index in [-0.39, 0.29) is 5.92 Å². The van der Waals surface area contributed by atoms with Gasteiger partial charge in [0.05, 0.1) is 5.92 Å². The van der Waals surface area contributed by atoms with E-state index in [4.69, 9.17) is 11.6 Å². The number of carbonyl (C=O) groups is 1. The molecule has 0 amide bonds. The predicted molar refractivity (Wildman–Crippen MR) is 93.4 cm³/mol. The van der Waals surface area contributed by atoms with Crippen LogP contribution in [-0.4, -0.2) is 43.5 Å². The summed E-state index contributed by atoms with van der Waals surface area (Å²) in [6, 6.07) is 7.98. The molecule has 1 aromatic carbocycles. The normalized spacial score (nSPS) is 22.0. The largest absolute Gasteiger partial charge is 0.481 e. The fourth-order valence-corrected chi connectivity index (χ4v) is 3.47. The third kappa shape index (κ3) is 5.03. The maximum absolute atomic E-state index is 11.4. The number of carboxylic acids is 1. The number of halogens is 1. The van der Waals surface area contributed by atoms with Gasteiger partial charge in [0.25, 0.3) is 0 Å². The Morgan fingerprint density at radius 1 is 1.27 bits per heavy atom. The maximum atomic E-state index is 11.4. The molecule has 0 saturated carbocycles. The van der Waals surface area contributed by atoms with E-state index in [2.05, 4.69) is 24.9 Å². The van der Waals surface area contributed by atoms with E-state index in [9.17, 15) is 9.90 Å². The molecule has 120 valence electrons. The fourth-order valence-electron chi connectivity index (χ4n) is 3.34. The van der Waals surface area contributed by atoms with Gasteiger partial charge in [-0.1, -0.05) is 36.5 Å². The highest BCUT2D eigenvalue weighted by Gasteiger charge is 2.36. The van der Waals surface area contributed by atoms with E-state index in [0.29, 0.717) is 12.5 Å². The summed E-state index contributed by atoms with van der Waals surface area (Å²) in [6.45, 7) is 2.64. The molecule has 1 aliphatic heterocycles. The Morgan fingerprint density at radius 2 is 2.00 bits per heavy atom.